The number of pyridine rings is 1. The minimum absolute atomic E-state index is 0.147. The first-order valence-electron chi connectivity index (χ1n) is 8.46. The molecule has 2 aromatic rings. The average Bonchev–Trinajstić information content (AvgIpc) is 3.01. The Morgan fingerprint density at radius 1 is 1.42 bits per heavy atom. The third-order valence-corrected chi connectivity index (χ3v) is 4.15. The topological polar surface area (TPSA) is 60.2 Å². The Kier molecular flexibility index (Phi) is 4.83. The number of anilines is 1. The van der Waals surface area contributed by atoms with E-state index in [-0.39, 0.29) is 12.1 Å². The van der Waals surface area contributed by atoms with Gasteiger partial charge in [-0.25, -0.2) is 9.78 Å². The molecule has 1 saturated heterocycles. The van der Waals surface area contributed by atoms with E-state index in [1.807, 2.05) is 31.6 Å². The van der Waals surface area contributed by atoms with Crippen molar-refractivity contribution in [1.82, 2.24) is 14.8 Å². The Labute approximate surface area is 142 Å². The fraction of sp³-hybridized carbons (Fsp3) is 0.500. The van der Waals surface area contributed by atoms with E-state index >= 15 is 0 Å². The smallest absolute Gasteiger partial charge is 0.342 e. The number of rotatable bonds is 4. The predicted molar refractivity (Wildman–Crippen MR) is 92.2 cm³/mol. The molecule has 1 atom stereocenters. The highest BCUT2D eigenvalue weighted by atomic mass is 16.5. The molecule has 1 aliphatic heterocycles. The first-order valence-corrected chi connectivity index (χ1v) is 8.46. The minimum atomic E-state index is -0.315. The second-order valence-electron chi connectivity index (χ2n) is 6.57. The van der Waals surface area contributed by atoms with Crippen LogP contribution in [0.1, 0.15) is 48.7 Å². The van der Waals surface area contributed by atoms with Crippen molar-refractivity contribution in [2.45, 2.75) is 45.8 Å². The molecule has 0 N–H and O–H groups in total. The lowest BCUT2D eigenvalue weighted by atomic mass is 10.1. The lowest BCUT2D eigenvalue weighted by molar-refractivity contribution is 0.0378. The molecular formula is C18H24N4O2. The van der Waals surface area contributed by atoms with E-state index in [0.717, 1.165) is 31.5 Å². The summed E-state index contributed by atoms with van der Waals surface area (Å²) in [5.41, 5.74) is 1.69. The Balaban J connectivity index is 1.82. The molecule has 6 nitrogen and oxygen atoms in total. The van der Waals surface area contributed by atoms with Gasteiger partial charge < -0.3 is 9.64 Å². The molecule has 3 rings (SSSR count). The molecule has 6 heteroatoms. The lowest BCUT2D eigenvalue weighted by Gasteiger charge is -2.34. The van der Waals surface area contributed by atoms with Crippen molar-refractivity contribution < 1.29 is 9.53 Å². The lowest BCUT2D eigenvalue weighted by Crippen LogP contribution is -2.38. The number of piperidine rings is 1. The standard InChI is InChI=1S/C18H24N4O2/c1-13(2)24-18(23)16-7-4-8-19-17(16)21-9-5-6-15(12-21)22-11-14(3)10-20-22/h4,7-8,10-11,13,15H,5-6,9,12H2,1-3H3. The number of aryl methyl sites for hydroxylation is 1. The molecule has 0 bridgehead atoms. The molecule has 0 aliphatic carbocycles. The minimum Gasteiger partial charge on any atom is -0.459 e. The molecule has 24 heavy (non-hydrogen) atoms. The number of carbonyl (C=O) groups is 1. The number of esters is 1. The van der Waals surface area contributed by atoms with Gasteiger partial charge in [-0.15, -0.1) is 0 Å². The van der Waals surface area contributed by atoms with E-state index in [9.17, 15) is 4.79 Å². The van der Waals surface area contributed by atoms with Crippen LogP contribution in [0, 0.1) is 6.92 Å². The molecule has 0 amide bonds. The summed E-state index contributed by atoms with van der Waals surface area (Å²) in [4.78, 5) is 19.0. The number of hydrogen-bond donors (Lipinski definition) is 0. The van der Waals surface area contributed by atoms with E-state index in [1.54, 1.807) is 18.3 Å². The quantitative estimate of drug-likeness (QED) is 0.808. The van der Waals surface area contributed by atoms with Crippen molar-refractivity contribution in [1.29, 1.82) is 0 Å². The Morgan fingerprint density at radius 2 is 2.25 bits per heavy atom. The highest BCUT2D eigenvalue weighted by molar-refractivity contribution is 5.94. The molecule has 3 heterocycles. The Hall–Kier alpha value is -2.37. The van der Waals surface area contributed by atoms with Crippen LogP contribution in [-0.4, -0.2) is 39.9 Å². The van der Waals surface area contributed by atoms with Gasteiger partial charge in [-0.1, -0.05) is 0 Å². The Morgan fingerprint density at radius 3 is 2.96 bits per heavy atom. The van der Waals surface area contributed by atoms with Crippen LogP contribution in [-0.2, 0) is 4.74 Å². The van der Waals surface area contributed by atoms with Gasteiger partial charge >= 0.3 is 5.97 Å². The fourth-order valence-corrected chi connectivity index (χ4v) is 3.08. The van der Waals surface area contributed by atoms with E-state index in [2.05, 4.69) is 21.2 Å². The molecule has 0 spiro atoms. The fourth-order valence-electron chi connectivity index (χ4n) is 3.08. The Bertz CT molecular complexity index is 711. The summed E-state index contributed by atoms with van der Waals surface area (Å²) in [6, 6.07) is 3.86. The summed E-state index contributed by atoms with van der Waals surface area (Å²) in [6.45, 7) is 7.43. The first kappa shape index (κ1) is 16.5. The maximum atomic E-state index is 12.4. The summed E-state index contributed by atoms with van der Waals surface area (Å²) in [5, 5.41) is 4.44. The first-order chi connectivity index (χ1) is 11.5. The monoisotopic (exact) mass is 328 g/mol. The van der Waals surface area contributed by atoms with E-state index in [4.69, 9.17) is 4.74 Å². The van der Waals surface area contributed by atoms with Gasteiger partial charge in [0, 0.05) is 25.5 Å². The summed E-state index contributed by atoms with van der Waals surface area (Å²) < 4.78 is 7.38. The molecule has 0 aromatic carbocycles. The van der Waals surface area contributed by atoms with Crippen molar-refractivity contribution in [2.75, 3.05) is 18.0 Å². The van der Waals surface area contributed by atoms with Crippen LogP contribution in [0.15, 0.2) is 30.7 Å². The van der Waals surface area contributed by atoms with Gasteiger partial charge in [0.2, 0.25) is 0 Å². The highest BCUT2D eigenvalue weighted by Crippen LogP contribution is 2.27. The predicted octanol–water partition coefficient (Wildman–Crippen LogP) is 2.99. The van der Waals surface area contributed by atoms with Crippen LogP contribution < -0.4 is 4.90 Å². The average molecular weight is 328 g/mol. The normalized spacial score (nSPS) is 18.0. The third kappa shape index (κ3) is 3.58. The van der Waals surface area contributed by atoms with Crippen molar-refractivity contribution in [2.24, 2.45) is 0 Å². The molecule has 1 unspecified atom stereocenters. The molecule has 0 saturated carbocycles. The number of ether oxygens (including phenoxy) is 1. The van der Waals surface area contributed by atoms with Crippen LogP contribution >= 0.6 is 0 Å². The zero-order valence-corrected chi connectivity index (χ0v) is 14.5. The van der Waals surface area contributed by atoms with E-state index in [1.165, 1.54) is 0 Å². The highest BCUT2D eigenvalue weighted by Gasteiger charge is 2.26. The van der Waals surface area contributed by atoms with Crippen molar-refractivity contribution in [3.63, 3.8) is 0 Å². The van der Waals surface area contributed by atoms with Crippen LogP contribution in [0.4, 0.5) is 5.82 Å². The maximum absolute atomic E-state index is 12.4. The van der Waals surface area contributed by atoms with Crippen LogP contribution in [0.25, 0.3) is 0 Å². The number of carbonyl (C=O) groups excluding carboxylic acids is 1. The van der Waals surface area contributed by atoms with Crippen LogP contribution in [0.5, 0.6) is 0 Å². The number of hydrogen-bond acceptors (Lipinski definition) is 5. The molecular weight excluding hydrogens is 304 g/mol. The van der Waals surface area contributed by atoms with Gasteiger partial charge in [-0.3, -0.25) is 4.68 Å². The molecule has 128 valence electrons. The van der Waals surface area contributed by atoms with Crippen LogP contribution in [0.3, 0.4) is 0 Å². The summed E-state index contributed by atoms with van der Waals surface area (Å²) in [6.07, 6.45) is 7.65. The molecule has 1 aliphatic rings. The molecule has 2 aromatic heterocycles. The van der Waals surface area contributed by atoms with Crippen molar-refractivity contribution >= 4 is 11.8 Å². The zero-order chi connectivity index (χ0) is 17.1. The van der Waals surface area contributed by atoms with Gasteiger partial charge in [0.1, 0.15) is 11.4 Å². The largest absolute Gasteiger partial charge is 0.459 e. The van der Waals surface area contributed by atoms with Gasteiger partial charge in [0.05, 0.1) is 18.3 Å². The second kappa shape index (κ2) is 7.03. The third-order valence-electron chi connectivity index (χ3n) is 4.15. The van der Waals surface area contributed by atoms with E-state index < -0.39 is 0 Å². The van der Waals surface area contributed by atoms with Crippen molar-refractivity contribution in [3.05, 3.63) is 41.9 Å². The molecule has 0 radical (unpaired) electrons. The van der Waals surface area contributed by atoms with Gasteiger partial charge in [-0.2, -0.15) is 5.10 Å². The number of nitrogens with zero attached hydrogens (tertiary/aromatic N) is 4. The summed E-state index contributed by atoms with van der Waals surface area (Å²) >= 11 is 0. The summed E-state index contributed by atoms with van der Waals surface area (Å²) in [5.74, 6) is 0.391. The van der Waals surface area contributed by atoms with Crippen LogP contribution in [0.2, 0.25) is 0 Å². The molecule has 1 fully saturated rings. The van der Waals surface area contributed by atoms with Gasteiger partial charge in [0.25, 0.3) is 0 Å². The number of aromatic nitrogens is 3. The van der Waals surface area contributed by atoms with Gasteiger partial charge in [0.15, 0.2) is 0 Å². The van der Waals surface area contributed by atoms with E-state index in [0.29, 0.717) is 17.4 Å². The second-order valence-corrected chi connectivity index (χ2v) is 6.57. The van der Waals surface area contributed by atoms with Crippen molar-refractivity contribution in [3.8, 4) is 0 Å². The van der Waals surface area contributed by atoms with Gasteiger partial charge in [-0.05, 0) is 51.3 Å². The maximum Gasteiger partial charge on any atom is 0.342 e. The SMILES string of the molecule is Cc1cnn(C2CCCN(c3ncccc3C(=O)OC(C)C)C2)c1. The summed E-state index contributed by atoms with van der Waals surface area (Å²) in [7, 11) is 0. The zero-order valence-electron chi connectivity index (χ0n) is 14.5.